The van der Waals surface area contributed by atoms with Gasteiger partial charge in [0.2, 0.25) is 0 Å². The molecule has 0 radical (unpaired) electrons. The third kappa shape index (κ3) is 3.89. The van der Waals surface area contributed by atoms with E-state index in [0.717, 1.165) is 41.4 Å². The van der Waals surface area contributed by atoms with Gasteiger partial charge in [0.05, 0.1) is 23.2 Å². The number of nitrogens with one attached hydrogen (secondary N) is 1. The SMILES string of the molecule is COc1ccc(NC(=O)COC(=O)c2c3c(nc4ccccc24)CCC3)cc1Cl. The van der Waals surface area contributed by atoms with Gasteiger partial charge in [0.1, 0.15) is 5.75 Å². The van der Waals surface area contributed by atoms with Crippen molar-refractivity contribution in [1.29, 1.82) is 0 Å². The highest BCUT2D eigenvalue weighted by molar-refractivity contribution is 6.32. The number of rotatable bonds is 5. The van der Waals surface area contributed by atoms with Gasteiger partial charge in [-0.05, 0) is 49.1 Å². The van der Waals surface area contributed by atoms with Crippen LogP contribution in [0.3, 0.4) is 0 Å². The first kappa shape index (κ1) is 19.2. The van der Waals surface area contributed by atoms with Crippen molar-refractivity contribution in [2.24, 2.45) is 0 Å². The molecule has 0 saturated carbocycles. The van der Waals surface area contributed by atoms with Gasteiger partial charge in [0, 0.05) is 16.8 Å². The number of aryl methyl sites for hydroxylation is 1. The topological polar surface area (TPSA) is 77.5 Å². The molecule has 3 aromatic rings. The maximum Gasteiger partial charge on any atom is 0.339 e. The summed E-state index contributed by atoms with van der Waals surface area (Å²) >= 11 is 6.06. The molecule has 1 aliphatic carbocycles. The quantitative estimate of drug-likeness (QED) is 0.638. The van der Waals surface area contributed by atoms with Crippen molar-refractivity contribution in [2.75, 3.05) is 19.0 Å². The molecule has 6 nitrogen and oxygen atoms in total. The molecule has 29 heavy (non-hydrogen) atoms. The van der Waals surface area contributed by atoms with Gasteiger partial charge in [-0.15, -0.1) is 0 Å². The van der Waals surface area contributed by atoms with Crippen molar-refractivity contribution in [3.8, 4) is 5.75 Å². The highest BCUT2D eigenvalue weighted by Gasteiger charge is 2.25. The molecule has 7 heteroatoms. The third-order valence-electron chi connectivity index (χ3n) is 4.89. The Morgan fingerprint density at radius 1 is 1.17 bits per heavy atom. The summed E-state index contributed by atoms with van der Waals surface area (Å²) in [6.07, 6.45) is 2.59. The Labute approximate surface area is 172 Å². The molecule has 2 aromatic carbocycles. The standard InChI is InChI=1S/C22H19ClN2O4/c1-28-19-10-9-13(11-16(19)23)24-20(26)12-29-22(27)21-14-5-2-3-7-17(14)25-18-8-4-6-15(18)21/h2-3,5,7,9-11H,4,6,8,12H2,1H3,(H,24,26). The van der Waals surface area contributed by atoms with Gasteiger partial charge in [-0.2, -0.15) is 0 Å². The van der Waals surface area contributed by atoms with Crippen molar-refractivity contribution in [1.82, 2.24) is 4.98 Å². The van der Waals surface area contributed by atoms with Gasteiger partial charge >= 0.3 is 5.97 Å². The molecule has 1 N–H and O–H groups in total. The second-order valence-electron chi connectivity index (χ2n) is 6.76. The fourth-order valence-corrected chi connectivity index (χ4v) is 3.85. The van der Waals surface area contributed by atoms with E-state index in [2.05, 4.69) is 10.3 Å². The summed E-state index contributed by atoms with van der Waals surface area (Å²) in [5.41, 5.74) is 3.64. The number of halogens is 1. The summed E-state index contributed by atoms with van der Waals surface area (Å²) in [7, 11) is 1.51. The molecule has 1 amide bonds. The van der Waals surface area contributed by atoms with E-state index in [4.69, 9.17) is 21.1 Å². The predicted molar refractivity (Wildman–Crippen MR) is 111 cm³/mol. The monoisotopic (exact) mass is 410 g/mol. The number of carbonyl (C=O) groups excluding carboxylic acids is 2. The number of pyridine rings is 1. The summed E-state index contributed by atoms with van der Waals surface area (Å²) in [6.45, 7) is -0.395. The van der Waals surface area contributed by atoms with Gasteiger partial charge in [0.25, 0.3) is 5.91 Å². The Hall–Kier alpha value is -3.12. The van der Waals surface area contributed by atoms with Crippen molar-refractivity contribution < 1.29 is 19.1 Å². The van der Waals surface area contributed by atoms with Crippen LogP contribution in [0.5, 0.6) is 5.75 Å². The summed E-state index contributed by atoms with van der Waals surface area (Å²) < 4.78 is 10.4. The Morgan fingerprint density at radius 2 is 2.00 bits per heavy atom. The number of ether oxygens (including phenoxy) is 2. The van der Waals surface area contributed by atoms with E-state index in [0.29, 0.717) is 22.0 Å². The van der Waals surface area contributed by atoms with Crippen LogP contribution < -0.4 is 10.1 Å². The number of amides is 1. The molecule has 1 aliphatic rings. The molecule has 0 fully saturated rings. The number of para-hydroxylation sites is 1. The number of benzene rings is 2. The van der Waals surface area contributed by atoms with Crippen molar-refractivity contribution in [3.05, 3.63) is 64.3 Å². The van der Waals surface area contributed by atoms with Crippen molar-refractivity contribution in [2.45, 2.75) is 19.3 Å². The lowest BCUT2D eigenvalue weighted by Gasteiger charge is -2.12. The van der Waals surface area contributed by atoms with Crippen LogP contribution in [0, 0.1) is 0 Å². The summed E-state index contributed by atoms with van der Waals surface area (Å²) in [5.74, 6) is -0.450. The predicted octanol–water partition coefficient (Wildman–Crippen LogP) is 4.18. The third-order valence-corrected chi connectivity index (χ3v) is 5.19. The summed E-state index contributed by atoms with van der Waals surface area (Å²) in [5, 5.41) is 3.79. The first-order chi connectivity index (χ1) is 14.1. The lowest BCUT2D eigenvalue weighted by molar-refractivity contribution is -0.119. The van der Waals surface area contributed by atoms with E-state index in [9.17, 15) is 9.59 Å². The minimum absolute atomic E-state index is 0.376. The van der Waals surface area contributed by atoms with E-state index in [1.807, 2.05) is 24.3 Å². The Kier molecular flexibility index (Phi) is 5.36. The molecular formula is C22H19ClN2O4. The number of nitrogens with zero attached hydrogens (tertiary/aromatic N) is 1. The largest absolute Gasteiger partial charge is 0.495 e. The molecular weight excluding hydrogens is 392 g/mol. The highest BCUT2D eigenvalue weighted by atomic mass is 35.5. The van der Waals surface area contributed by atoms with Crippen LogP contribution in [-0.4, -0.2) is 30.6 Å². The number of aromatic nitrogens is 1. The zero-order chi connectivity index (χ0) is 20.4. The van der Waals surface area contributed by atoms with E-state index in [1.54, 1.807) is 18.2 Å². The van der Waals surface area contributed by atoms with Crippen LogP contribution in [0.15, 0.2) is 42.5 Å². The van der Waals surface area contributed by atoms with Gasteiger partial charge in [-0.3, -0.25) is 9.78 Å². The minimum atomic E-state index is -0.510. The molecule has 1 aromatic heterocycles. The van der Waals surface area contributed by atoms with Crippen molar-refractivity contribution in [3.63, 3.8) is 0 Å². The normalized spacial score (nSPS) is 12.5. The number of fused-ring (bicyclic) bond motifs is 2. The summed E-state index contributed by atoms with van der Waals surface area (Å²) in [6, 6.07) is 12.4. The van der Waals surface area contributed by atoms with Gasteiger partial charge in [0.15, 0.2) is 6.61 Å². The van der Waals surface area contributed by atoms with E-state index >= 15 is 0 Å². The molecule has 0 aliphatic heterocycles. The lowest BCUT2D eigenvalue weighted by Crippen LogP contribution is -2.21. The Morgan fingerprint density at radius 3 is 2.79 bits per heavy atom. The molecule has 0 bridgehead atoms. The number of esters is 1. The first-order valence-corrected chi connectivity index (χ1v) is 9.65. The zero-order valence-corrected chi connectivity index (χ0v) is 16.6. The number of hydrogen-bond donors (Lipinski definition) is 1. The average Bonchev–Trinajstić information content (AvgIpc) is 3.18. The van der Waals surface area contributed by atoms with Crippen molar-refractivity contribution >= 4 is 40.1 Å². The Balaban J connectivity index is 1.49. The van der Waals surface area contributed by atoms with Gasteiger partial charge < -0.3 is 14.8 Å². The van der Waals surface area contributed by atoms with Gasteiger partial charge in [-0.25, -0.2) is 4.79 Å². The second kappa shape index (κ2) is 8.09. The van der Waals surface area contributed by atoms with Crippen LogP contribution in [-0.2, 0) is 22.4 Å². The number of hydrogen-bond acceptors (Lipinski definition) is 5. The Bertz CT molecular complexity index is 1110. The molecule has 1 heterocycles. The summed E-state index contributed by atoms with van der Waals surface area (Å²) in [4.78, 5) is 29.7. The van der Waals surface area contributed by atoms with Crippen LogP contribution in [0.2, 0.25) is 5.02 Å². The van der Waals surface area contributed by atoms with E-state index < -0.39 is 18.5 Å². The van der Waals surface area contributed by atoms with Gasteiger partial charge in [-0.1, -0.05) is 29.8 Å². The average molecular weight is 411 g/mol. The maximum absolute atomic E-state index is 12.8. The van der Waals surface area contributed by atoms with Crippen LogP contribution in [0.1, 0.15) is 28.0 Å². The number of carbonyl (C=O) groups is 2. The molecule has 4 rings (SSSR count). The van der Waals surface area contributed by atoms with Crippen LogP contribution in [0.25, 0.3) is 10.9 Å². The van der Waals surface area contributed by atoms with E-state index in [-0.39, 0.29) is 0 Å². The smallest absolute Gasteiger partial charge is 0.339 e. The van der Waals surface area contributed by atoms with E-state index in [1.165, 1.54) is 7.11 Å². The molecule has 0 unspecified atom stereocenters. The molecule has 0 saturated heterocycles. The highest BCUT2D eigenvalue weighted by Crippen LogP contribution is 2.30. The number of anilines is 1. The van der Waals surface area contributed by atoms with Crippen LogP contribution in [0.4, 0.5) is 5.69 Å². The molecule has 0 spiro atoms. The molecule has 148 valence electrons. The fourth-order valence-electron chi connectivity index (χ4n) is 3.59. The second-order valence-corrected chi connectivity index (χ2v) is 7.16. The number of methoxy groups -OCH3 is 1. The zero-order valence-electron chi connectivity index (χ0n) is 15.8. The fraction of sp³-hybridized carbons (Fsp3) is 0.227. The minimum Gasteiger partial charge on any atom is -0.495 e. The molecule has 0 atom stereocenters. The van der Waals surface area contributed by atoms with Crippen LogP contribution >= 0.6 is 11.6 Å². The lowest BCUT2D eigenvalue weighted by atomic mass is 10.0. The first-order valence-electron chi connectivity index (χ1n) is 9.28. The maximum atomic E-state index is 12.8.